The number of methoxy groups -OCH3 is 1. The Morgan fingerprint density at radius 2 is 2.26 bits per heavy atom. The van der Waals surface area contributed by atoms with Crippen molar-refractivity contribution in [1.29, 1.82) is 0 Å². The van der Waals surface area contributed by atoms with Gasteiger partial charge in [0.1, 0.15) is 18.1 Å². The van der Waals surface area contributed by atoms with Gasteiger partial charge in [-0.15, -0.1) is 0 Å². The second kappa shape index (κ2) is 5.69. The van der Waals surface area contributed by atoms with Crippen molar-refractivity contribution >= 4 is 12.0 Å². The zero-order chi connectivity index (χ0) is 13.8. The van der Waals surface area contributed by atoms with Crippen molar-refractivity contribution in [3.8, 4) is 11.5 Å². The van der Waals surface area contributed by atoms with Crippen LogP contribution in [-0.4, -0.2) is 32.7 Å². The lowest BCUT2D eigenvalue weighted by molar-refractivity contribution is -0.143. The SMILES string of the molecule is COc1ccc2c(c1)C=C(C(=O)OCC(F)F)CO2. The van der Waals surface area contributed by atoms with Crippen LogP contribution in [0.1, 0.15) is 5.56 Å². The van der Waals surface area contributed by atoms with Crippen LogP contribution < -0.4 is 9.47 Å². The van der Waals surface area contributed by atoms with Crippen LogP contribution >= 0.6 is 0 Å². The smallest absolute Gasteiger partial charge is 0.337 e. The summed E-state index contributed by atoms with van der Waals surface area (Å²) < 4.78 is 38.8. The molecule has 0 aliphatic carbocycles. The first-order valence-electron chi connectivity index (χ1n) is 5.57. The fourth-order valence-corrected chi connectivity index (χ4v) is 1.63. The Labute approximate surface area is 108 Å². The third kappa shape index (κ3) is 3.21. The summed E-state index contributed by atoms with van der Waals surface area (Å²) in [4.78, 5) is 11.5. The van der Waals surface area contributed by atoms with Crippen LogP contribution in [0, 0.1) is 0 Å². The molecule has 0 radical (unpaired) electrons. The van der Waals surface area contributed by atoms with Gasteiger partial charge >= 0.3 is 5.97 Å². The Morgan fingerprint density at radius 3 is 2.95 bits per heavy atom. The maximum absolute atomic E-state index is 12.0. The lowest BCUT2D eigenvalue weighted by atomic mass is 10.1. The molecule has 0 saturated carbocycles. The van der Waals surface area contributed by atoms with Crippen LogP contribution in [0.2, 0.25) is 0 Å². The van der Waals surface area contributed by atoms with Gasteiger partial charge in [0.25, 0.3) is 6.43 Å². The minimum Gasteiger partial charge on any atom is -0.497 e. The van der Waals surface area contributed by atoms with Gasteiger partial charge in [-0.1, -0.05) is 0 Å². The largest absolute Gasteiger partial charge is 0.497 e. The Hall–Kier alpha value is -2.11. The molecule has 0 atom stereocenters. The van der Waals surface area contributed by atoms with Crippen molar-refractivity contribution in [2.75, 3.05) is 20.3 Å². The molecule has 1 aliphatic rings. The standard InChI is InChI=1S/C13H12F2O4/c1-17-10-2-3-11-8(5-10)4-9(6-18-11)13(16)19-7-12(14)15/h2-5,12H,6-7H2,1H3. The first-order valence-corrected chi connectivity index (χ1v) is 5.57. The third-order valence-corrected chi connectivity index (χ3v) is 2.53. The maximum Gasteiger partial charge on any atom is 0.337 e. The van der Waals surface area contributed by atoms with E-state index in [9.17, 15) is 13.6 Å². The summed E-state index contributed by atoms with van der Waals surface area (Å²) in [7, 11) is 1.52. The number of alkyl halides is 2. The zero-order valence-electron chi connectivity index (χ0n) is 10.2. The molecule has 2 rings (SSSR count). The van der Waals surface area contributed by atoms with Crippen LogP contribution in [0.15, 0.2) is 23.8 Å². The predicted molar refractivity (Wildman–Crippen MR) is 63.4 cm³/mol. The highest BCUT2D eigenvalue weighted by Gasteiger charge is 2.20. The van der Waals surface area contributed by atoms with E-state index < -0.39 is 19.0 Å². The lowest BCUT2D eigenvalue weighted by Gasteiger charge is -2.17. The number of carbonyl (C=O) groups is 1. The fraction of sp³-hybridized carbons (Fsp3) is 0.308. The molecule has 0 spiro atoms. The van der Waals surface area contributed by atoms with E-state index in [0.29, 0.717) is 17.1 Å². The zero-order valence-corrected chi connectivity index (χ0v) is 10.2. The molecule has 1 aromatic carbocycles. The highest BCUT2D eigenvalue weighted by Crippen LogP contribution is 2.30. The number of hydrogen-bond acceptors (Lipinski definition) is 4. The van der Waals surface area contributed by atoms with E-state index in [2.05, 4.69) is 4.74 Å². The molecule has 0 amide bonds. The number of rotatable bonds is 4. The second-order valence-corrected chi connectivity index (χ2v) is 3.85. The highest BCUT2D eigenvalue weighted by molar-refractivity contribution is 5.95. The van der Waals surface area contributed by atoms with E-state index in [1.54, 1.807) is 24.3 Å². The van der Waals surface area contributed by atoms with Crippen LogP contribution in [0.4, 0.5) is 8.78 Å². The molecule has 1 aromatic rings. The molecule has 0 unspecified atom stereocenters. The summed E-state index contributed by atoms with van der Waals surface area (Å²) >= 11 is 0. The van der Waals surface area contributed by atoms with Crippen LogP contribution in [0.3, 0.4) is 0 Å². The van der Waals surface area contributed by atoms with Crippen molar-refractivity contribution in [2.24, 2.45) is 0 Å². The first-order chi connectivity index (χ1) is 9.10. The summed E-state index contributed by atoms with van der Waals surface area (Å²) in [6, 6.07) is 5.13. The molecular weight excluding hydrogens is 258 g/mol. The normalized spacial score (nSPS) is 13.4. The minimum atomic E-state index is -2.68. The van der Waals surface area contributed by atoms with E-state index in [1.807, 2.05) is 0 Å². The van der Waals surface area contributed by atoms with Crippen LogP contribution in [0.5, 0.6) is 11.5 Å². The highest BCUT2D eigenvalue weighted by atomic mass is 19.3. The van der Waals surface area contributed by atoms with Gasteiger partial charge in [0.05, 0.1) is 12.7 Å². The summed E-state index contributed by atoms with van der Waals surface area (Å²) in [5.41, 5.74) is 0.844. The minimum absolute atomic E-state index is 0.00139. The lowest BCUT2D eigenvalue weighted by Crippen LogP contribution is -2.19. The fourth-order valence-electron chi connectivity index (χ4n) is 1.63. The van der Waals surface area contributed by atoms with E-state index >= 15 is 0 Å². The summed E-state index contributed by atoms with van der Waals surface area (Å²) in [6.45, 7) is -0.914. The van der Waals surface area contributed by atoms with Crippen molar-refractivity contribution in [2.45, 2.75) is 6.43 Å². The van der Waals surface area contributed by atoms with E-state index in [0.717, 1.165) is 0 Å². The van der Waals surface area contributed by atoms with Gasteiger partial charge in [-0.05, 0) is 24.3 Å². The molecule has 1 heterocycles. The average molecular weight is 270 g/mol. The number of carbonyl (C=O) groups excluding carboxylic acids is 1. The molecule has 102 valence electrons. The quantitative estimate of drug-likeness (QED) is 0.787. The van der Waals surface area contributed by atoms with E-state index in [1.165, 1.54) is 7.11 Å². The Kier molecular flexibility index (Phi) is 3.99. The topological polar surface area (TPSA) is 44.8 Å². The van der Waals surface area contributed by atoms with Crippen molar-refractivity contribution in [3.63, 3.8) is 0 Å². The van der Waals surface area contributed by atoms with Crippen molar-refractivity contribution in [1.82, 2.24) is 0 Å². The molecule has 19 heavy (non-hydrogen) atoms. The molecule has 1 aliphatic heterocycles. The number of fused-ring (bicyclic) bond motifs is 1. The van der Waals surface area contributed by atoms with Crippen molar-refractivity contribution in [3.05, 3.63) is 29.3 Å². The van der Waals surface area contributed by atoms with Gasteiger partial charge in [-0.2, -0.15) is 0 Å². The van der Waals surface area contributed by atoms with Crippen LogP contribution in [-0.2, 0) is 9.53 Å². The Morgan fingerprint density at radius 1 is 1.47 bits per heavy atom. The maximum atomic E-state index is 12.0. The van der Waals surface area contributed by atoms with Gasteiger partial charge < -0.3 is 14.2 Å². The first kappa shape index (κ1) is 13.3. The van der Waals surface area contributed by atoms with Gasteiger partial charge in [0.15, 0.2) is 6.61 Å². The molecular formula is C13H12F2O4. The predicted octanol–water partition coefficient (Wildman–Crippen LogP) is 2.28. The Balaban J connectivity index is 2.15. The number of esters is 1. The molecule has 6 heteroatoms. The van der Waals surface area contributed by atoms with Crippen LogP contribution in [0.25, 0.3) is 6.08 Å². The number of ether oxygens (including phenoxy) is 3. The van der Waals surface area contributed by atoms with Gasteiger partial charge in [0.2, 0.25) is 0 Å². The summed E-state index contributed by atoms with van der Waals surface area (Å²) in [5, 5.41) is 0. The Bertz CT molecular complexity index is 511. The molecule has 0 aromatic heterocycles. The van der Waals surface area contributed by atoms with E-state index in [4.69, 9.17) is 9.47 Å². The molecule has 0 fully saturated rings. The second-order valence-electron chi connectivity index (χ2n) is 3.85. The molecule has 4 nitrogen and oxygen atoms in total. The van der Waals surface area contributed by atoms with Crippen molar-refractivity contribution < 1.29 is 27.8 Å². The molecule has 0 bridgehead atoms. The molecule has 0 saturated heterocycles. The van der Waals surface area contributed by atoms with Gasteiger partial charge in [-0.3, -0.25) is 0 Å². The summed E-state index contributed by atoms with van der Waals surface area (Å²) in [6.07, 6.45) is -1.13. The summed E-state index contributed by atoms with van der Waals surface area (Å²) in [5.74, 6) is 0.417. The van der Waals surface area contributed by atoms with E-state index in [-0.39, 0.29) is 12.2 Å². The number of halogens is 2. The monoisotopic (exact) mass is 270 g/mol. The van der Waals surface area contributed by atoms with Gasteiger partial charge in [0, 0.05) is 5.56 Å². The number of benzene rings is 1. The third-order valence-electron chi connectivity index (χ3n) is 2.53. The molecule has 0 N–H and O–H groups in total. The average Bonchev–Trinajstić information content (AvgIpc) is 2.43. The van der Waals surface area contributed by atoms with Gasteiger partial charge in [-0.25, -0.2) is 13.6 Å². The number of hydrogen-bond donors (Lipinski definition) is 0.